The maximum atomic E-state index is 2.42. The third kappa shape index (κ3) is 9.73. The van der Waals surface area contributed by atoms with Crippen molar-refractivity contribution < 1.29 is 0 Å². The summed E-state index contributed by atoms with van der Waals surface area (Å²) < 4.78 is 0. The molecule has 0 unspecified atom stereocenters. The topological polar surface area (TPSA) is 6.48 Å². The lowest BCUT2D eigenvalue weighted by atomic mass is 9.82. The number of hydrogen-bond acceptors (Lipinski definition) is 2. The smallest absolute Gasteiger partial charge is 0.0473 e. The first-order valence-corrected chi connectivity index (χ1v) is 29.7. The number of nitrogens with zero attached hydrogens (tertiary/aromatic N) is 2. The Kier molecular flexibility index (Phi) is 13.4. The second-order valence-corrected chi connectivity index (χ2v) is 22.6. The zero-order chi connectivity index (χ0) is 57.5. The summed E-state index contributed by atoms with van der Waals surface area (Å²) in [5, 5.41) is 9.65. The van der Waals surface area contributed by atoms with Crippen LogP contribution < -0.4 is 9.80 Å². The predicted molar refractivity (Wildman–Crippen MR) is 368 cm³/mol. The summed E-state index contributed by atoms with van der Waals surface area (Å²) in [5.74, 6) is 0. The molecule has 0 heterocycles. The highest BCUT2D eigenvalue weighted by Gasteiger charge is 2.24. The second-order valence-electron chi connectivity index (χ2n) is 22.6. The maximum Gasteiger partial charge on any atom is 0.0473 e. The van der Waals surface area contributed by atoms with Crippen molar-refractivity contribution in [2.75, 3.05) is 9.80 Å². The highest BCUT2D eigenvalue weighted by molar-refractivity contribution is 6.32. The van der Waals surface area contributed by atoms with Crippen molar-refractivity contribution in [3.05, 3.63) is 339 Å². The van der Waals surface area contributed by atoms with Gasteiger partial charge in [-0.15, -0.1) is 0 Å². The Bertz CT molecular complexity index is 4510. The van der Waals surface area contributed by atoms with E-state index in [1.54, 1.807) is 0 Å². The molecule has 86 heavy (non-hydrogen) atoms. The molecule has 0 aromatic heterocycles. The van der Waals surface area contributed by atoms with Crippen molar-refractivity contribution in [2.45, 2.75) is 13.8 Å². The minimum Gasteiger partial charge on any atom is -0.310 e. The van der Waals surface area contributed by atoms with E-state index in [0.717, 1.165) is 56.4 Å². The van der Waals surface area contributed by atoms with Gasteiger partial charge in [-0.05, 0) is 209 Å². The van der Waals surface area contributed by atoms with Gasteiger partial charge in [-0.1, -0.05) is 254 Å². The number of benzene rings is 15. The van der Waals surface area contributed by atoms with E-state index in [2.05, 4.69) is 351 Å². The van der Waals surface area contributed by atoms with Crippen molar-refractivity contribution in [2.24, 2.45) is 0 Å². The van der Waals surface area contributed by atoms with Crippen LogP contribution in [-0.2, 0) is 0 Å². The van der Waals surface area contributed by atoms with Crippen molar-refractivity contribution in [1.29, 1.82) is 0 Å². The number of para-hydroxylation sites is 2. The van der Waals surface area contributed by atoms with Crippen LogP contribution in [0.25, 0.3) is 110 Å². The molecule has 0 bridgehead atoms. The zero-order valence-corrected chi connectivity index (χ0v) is 48.1. The summed E-state index contributed by atoms with van der Waals surface area (Å²) in [6, 6.07) is 121. The highest BCUT2D eigenvalue weighted by atomic mass is 15.1. The molecule has 15 aromatic rings. The van der Waals surface area contributed by atoms with Crippen molar-refractivity contribution in [3.8, 4) is 66.8 Å². The lowest BCUT2D eigenvalue weighted by Gasteiger charge is -2.28. The minimum atomic E-state index is 1.08. The Morgan fingerprint density at radius 3 is 0.791 bits per heavy atom. The van der Waals surface area contributed by atoms with E-state index in [-0.39, 0.29) is 0 Å². The normalized spacial score (nSPS) is 11.4. The van der Waals surface area contributed by atoms with Crippen LogP contribution in [0, 0.1) is 13.8 Å². The second kappa shape index (κ2) is 22.3. The van der Waals surface area contributed by atoms with Crippen LogP contribution in [0.3, 0.4) is 0 Å². The van der Waals surface area contributed by atoms with E-state index in [1.807, 2.05) is 0 Å². The number of hydrogen-bond donors (Lipinski definition) is 0. The van der Waals surface area contributed by atoms with E-state index >= 15 is 0 Å². The van der Waals surface area contributed by atoms with Crippen molar-refractivity contribution in [3.63, 3.8) is 0 Å². The standard InChI is InChI=1S/C84H60N2/c1-57-33-37-63(38-34-57)81-79-45-41-66-52-74(86(72-31-19-8-20-32-72)76-55-69(61-25-13-5-14-26-61)50-70(56-76)62-27-15-6-16-28-62)44-48-78(66)84(79)82(64-39-35-58(2)36-40-64)80-46-42-65-51-73(43-47-77(65)83(80)81)85(71-29-17-7-18-30-71)75-53-67(59-21-9-3-10-22-59)49-68(54-75)60-23-11-4-12-24-60/h3-56H,1-2H3. The molecule has 0 amide bonds. The Balaban J connectivity index is 0.963. The molecule has 0 saturated carbocycles. The summed E-state index contributed by atoms with van der Waals surface area (Å²) in [6.07, 6.45) is 0. The van der Waals surface area contributed by atoms with Crippen LogP contribution in [0.5, 0.6) is 0 Å². The molecule has 0 aliphatic carbocycles. The molecule has 15 aromatic carbocycles. The van der Waals surface area contributed by atoms with Crippen LogP contribution in [-0.4, -0.2) is 0 Å². The van der Waals surface area contributed by atoms with E-state index < -0.39 is 0 Å². The first kappa shape index (κ1) is 51.8. The van der Waals surface area contributed by atoms with Gasteiger partial charge in [-0.3, -0.25) is 0 Å². The van der Waals surface area contributed by atoms with Gasteiger partial charge in [-0.25, -0.2) is 0 Å². The molecule has 0 N–H and O–H groups in total. The molecule has 0 aliphatic heterocycles. The lowest BCUT2D eigenvalue weighted by Crippen LogP contribution is -2.10. The van der Waals surface area contributed by atoms with Gasteiger partial charge in [0.1, 0.15) is 0 Å². The molecular weight excluding hydrogens is 1040 g/mol. The first-order chi connectivity index (χ1) is 42.5. The Morgan fingerprint density at radius 2 is 0.477 bits per heavy atom. The van der Waals surface area contributed by atoms with E-state index in [0.29, 0.717) is 0 Å². The van der Waals surface area contributed by atoms with Gasteiger partial charge in [0.05, 0.1) is 0 Å². The quantitative estimate of drug-likeness (QED) is 0.0889. The molecule has 0 spiro atoms. The van der Waals surface area contributed by atoms with Crippen LogP contribution in [0.1, 0.15) is 11.1 Å². The zero-order valence-electron chi connectivity index (χ0n) is 48.1. The van der Waals surface area contributed by atoms with E-state index in [9.17, 15) is 0 Å². The molecule has 2 nitrogen and oxygen atoms in total. The largest absolute Gasteiger partial charge is 0.310 e. The van der Waals surface area contributed by atoms with Gasteiger partial charge in [0.15, 0.2) is 0 Å². The van der Waals surface area contributed by atoms with Crippen molar-refractivity contribution >= 4 is 77.2 Å². The van der Waals surface area contributed by atoms with Crippen LogP contribution in [0.15, 0.2) is 328 Å². The summed E-state index contributed by atoms with van der Waals surface area (Å²) in [6.45, 7) is 4.36. The third-order valence-electron chi connectivity index (χ3n) is 17.1. The van der Waals surface area contributed by atoms with Crippen LogP contribution >= 0.6 is 0 Å². The number of fused-ring (bicyclic) bond motifs is 6. The van der Waals surface area contributed by atoms with Crippen molar-refractivity contribution in [1.82, 2.24) is 0 Å². The van der Waals surface area contributed by atoms with Gasteiger partial charge >= 0.3 is 0 Å². The van der Waals surface area contributed by atoms with Gasteiger partial charge in [0.2, 0.25) is 0 Å². The first-order valence-electron chi connectivity index (χ1n) is 29.7. The lowest BCUT2D eigenvalue weighted by molar-refractivity contribution is 1.29. The highest BCUT2D eigenvalue weighted by Crippen LogP contribution is 2.51. The molecule has 0 saturated heterocycles. The van der Waals surface area contributed by atoms with Gasteiger partial charge in [-0.2, -0.15) is 0 Å². The maximum absolute atomic E-state index is 2.42. The number of anilines is 6. The summed E-state index contributed by atoms with van der Waals surface area (Å²) in [7, 11) is 0. The fourth-order valence-corrected chi connectivity index (χ4v) is 12.9. The molecule has 0 fully saturated rings. The van der Waals surface area contributed by atoms with E-state index in [1.165, 1.54) is 98.7 Å². The fourth-order valence-electron chi connectivity index (χ4n) is 12.9. The van der Waals surface area contributed by atoms with Gasteiger partial charge < -0.3 is 9.80 Å². The number of rotatable bonds is 12. The molecule has 0 radical (unpaired) electrons. The van der Waals surface area contributed by atoms with Crippen LogP contribution in [0.4, 0.5) is 34.1 Å². The average molecular weight is 1100 g/mol. The SMILES string of the molecule is Cc1ccc(-c2c3ccc4cc(N(c5ccccc5)c5cc(-c6ccccc6)cc(-c6ccccc6)c5)ccc4c3c(-c3ccc(C)cc3)c3ccc4cc(N(c5ccccc5)c5cc(-c6ccccc6)cc(-c6ccccc6)c5)ccc4c23)cc1. The average Bonchev–Trinajstić information content (AvgIpc) is 1.18. The summed E-state index contributed by atoms with van der Waals surface area (Å²) >= 11 is 0. The molecule has 406 valence electrons. The Labute approximate surface area is 503 Å². The molecule has 2 heteroatoms. The van der Waals surface area contributed by atoms with Gasteiger partial charge in [0, 0.05) is 34.1 Å². The Morgan fingerprint density at radius 1 is 0.186 bits per heavy atom. The predicted octanol–water partition coefficient (Wildman–Crippen LogP) is 23.9. The molecule has 0 aliphatic rings. The molecule has 15 rings (SSSR count). The van der Waals surface area contributed by atoms with E-state index in [4.69, 9.17) is 0 Å². The monoisotopic (exact) mass is 1100 g/mol. The fraction of sp³-hybridized carbons (Fsp3) is 0.0238. The minimum absolute atomic E-state index is 1.08. The third-order valence-corrected chi connectivity index (χ3v) is 17.1. The molecular formula is C84H60N2. The Hall–Kier alpha value is -11.1. The summed E-state index contributed by atoms with van der Waals surface area (Å²) in [4.78, 5) is 4.84. The molecule has 0 atom stereocenters. The van der Waals surface area contributed by atoms with Crippen LogP contribution in [0.2, 0.25) is 0 Å². The van der Waals surface area contributed by atoms with Gasteiger partial charge in [0.25, 0.3) is 0 Å². The number of aryl methyl sites for hydroxylation is 2. The summed E-state index contributed by atoms with van der Waals surface area (Å²) in [5.41, 5.74) is 23.2.